The van der Waals surface area contributed by atoms with Crippen LogP contribution in [0.5, 0.6) is 0 Å². The molecule has 2 aromatic carbocycles. The minimum absolute atomic E-state index is 0.968. The van der Waals surface area contributed by atoms with Gasteiger partial charge in [-0.15, -0.1) is 0 Å². The molecular formula is C38H58N2. The van der Waals surface area contributed by atoms with Crippen molar-refractivity contribution in [1.82, 2.24) is 0 Å². The maximum atomic E-state index is 5.11. The third kappa shape index (κ3) is 17.3. The summed E-state index contributed by atoms with van der Waals surface area (Å²) in [7, 11) is 0. The van der Waals surface area contributed by atoms with Crippen molar-refractivity contribution in [2.45, 2.75) is 142 Å². The lowest BCUT2D eigenvalue weighted by Crippen LogP contribution is -2.12. The number of nitrogens with zero attached hydrogens (tertiary/aromatic N) is 2. The van der Waals surface area contributed by atoms with E-state index in [0.29, 0.717) is 0 Å². The predicted octanol–water partition coefficient (Wildman–Crippen LogP) is 12.9. The highest BCUT2D eigenvalue weighted by Gasteiger charge is 2.08. The Morgan fingerprint density at radius 2 is 0.925 bits per heavy atom. The van der Waals surface area contributed by atoms with E-state index in [0.717, 1.165) is 42.1 Å². The first kappa shape index (κ1) is 33.7. The highest BCUT2D eigenvalue weighted by atomic mass is 14.8. The summed E-state index contributed by atoms with van der Waals surface area (Å²) in [6.07, 6.45) is 31.0. The fraction of sp³-hybridized carbons (Fsp3) is 0.579. The molecule has 0 radical (unpaired) electrons. The molecule has 0 aliphatic carbocycles. The molecule has 220 valence electrons. The molecule has 0 heterocycles. The predicted molar refractivity (Wildman–Crippen MR) is 180 cm³/mol. The maximum Gasteiger partial charge on any atom is 0.0848 e. The summed E-state index contributed by atoms with van der Waals surface area (Å²) in [5.41, 5.74) is 4.13. The molecule has 2 aromatic rings. The smallest absolute Gasteiger partial charge is 0.0848 e. The number of allylic oxidation sites excluding steroid dienone is 2. The largest absolute Gasteiger partial charge is 0.251 e. The molecule has 0 aliphatic heterocycles. The first-order valence-corrected chi connectivity index (χ1v) is 16.8. The van der Waals surface area contributed by atoms with E-state index in [9.17, 15) is 0 Å². The van der Waals surface area contributed by atoms with Crippen LogP contribution in [0.2, 0.25) is 0 Å². The molecule has 0 spiro atoms. The maximum absolute atomic E-state index is 5.11. The number of hydrogen-bond donors (Lipinski definition) is 0. The summed E-state index contributed by atoms with van der Waals surface area (Å²) in [5.74, 6) is 0. The molecule has 0 fully saturated rings. The van der Waals surface area contributed by atoms with Crippen molar-refractivity contribution in [3.05, 3.63) is 72.8 Å². The topological polar surface area (TPSA) is 24.7 Å². The van der Waals surface area contributed by atoms with E-state index in [4.69, 9.17) is 9.98 Å². The number of hydrogen-bond acceptors (Lipinski definition) is 2. The Morgan fingerprint density at radius 1 is 0.500 bits per heavy atom. The van der Waals surface area contributed by atoms with Crippen LogP contribution < -0.4 is 0 Å². The molecule has 0 saturated carbocycles. The molecule has 2 nitrogen and oxygen atoms in total. The van der Waals surface area contributed by atoms with Gasteiger partial charge in [0.1, 0.15) is 0 Å². The van der Waals surface area contributed by atoms with Crippen LogP contribution in [-0.2, 0) is 0 Å². The van der Waals surface area contributed by atoms with Gasteiger partial charge in [0.15, 0.2) is 0 Å². The second-order valence-corrected chi connectivity index (χ2v) is 11.3. The molecule has 0 aliphatic rings. The fourth-order valence-corrected chi connectivity index (χ4v) is 5.11. The molecule has 0 amide bonds. The van der Waals surface area contributed by atoms with Crippen molar-refractivity contribution < 1.29 is 0 Å². The van der Waals surface area contributed by atoms with E-state index in [1.54, 1.807) is 0 Å². The van der Waals surface area contributed by atoms with Gasteiger partial charge in [0, 0.05) is 0 Å². The average molecular weight is 543 g/mol. The number of para-hydroxylation sites is 2. The van der Waals surface area contributed by atoms with E-state index in [1.165, 1.54) is 109 Å². The minimum atomic E-state index is 0.968. The van der Waals surface area contributed by atoms with Gasteiger partial charge in [0.05, 0.1) is 22.8 Å². The van der Waals surface area contributed by atoms with Crippen molar-refractivity contribution >= 4 is 22.8 Å². The number of rotatable bonds is 24. The molecule has 2 heteroatoms. The zero-order chi connectivity index (χ0) is 28.4. The zero-order valence-electron chi connectivity index (χ0n) is 26.0. The number of unbranched alkanes of at least 4 members (excludes halogenated alkanes) is 17. The second-order valence-electron chi connectivity index (χ2n) is 11.3. The van der Waals surface area contributed by atoms with E-state index in [1.807, 2.05) is 0 Å². The quantitative estimate of drug-likeness (QED) is 0.0930. The third-order valence-electron chi connectivity index (χ3n) is 7.59. The van der Waals surface area contributed by atoms with Crippen LogP contribution in [0.25, 0.3) is 0 Å². The average Bonchev–Trinajstić information content (AvgIpc) is 2.99. The van der Waals surface area contributed by atoms with Gasteiger partial charge in [0.25, 0.3) is 0 Å². The van der Waals surface area contributed by atoms with Crippen LogP contribution >= 0.6 is 0 Å². The van der Waals surface area contributed by atoms with Gasteiger partial charge >= 0.3 is 0 Å². The van der Waals surface area contributed by atoms with Crippen molar-refractivity contribution in [1.29, 1.82) is 0 Å². The van der Waals surface area contributed by atoms with Gasteiger partial charge in [-0.25, -0.2) is 4.99 Å². The van der Waals surface area contributed by atoms with E-state index in [2.05, 4.69) is 86.7 Å². The molecule has 40 heavy (non-hydrogen) atoms. The standard InChI is InChI=1S/C38H58N2/c1-3-5-7-9-11-12-13-14-15-16-17-18-20-28-34-38(40-36-31-25-22-26-32-36)37(33-27-19-10-8-6-4-2)39-35-29-23-21-24-30-35/h21-26,28-32,34H,3-20,27,33H2,1-2H3/b34-28+,39-37?,40-38?. The van der Waals surface area contributed by atoms with Crippen molar-refractivity contribution in [3.8, 4) is 0 Å². The Bertz CT molecular complexity index is 926. The first-order valence-electron chi connectivity index (χ1n) is 16.8. The van der Waals surface area contributed by atoms with Gasteiger partial charge in [-0.2, -0.15) is 0 Å². The lowest BCUT2D eigenvalue weighted by molar-refractivity contribution is 0.545. The Kier molecular flexibility index (Phi) is 20.5. The highest BCUT2D eigenvalue weighted by Crippen LogP contribution is 2.18. The summed E-state index contributed by atoms with van der Waals surface area (Å²) < 4.78 is 0. The molecule has 2 rings (SSSR count). The van der Waals surface area contributed by atoms with Crippen LogP contribution in [-0.4, -0.2) is 11.4 Å². The van der Waals surface area contributed by atoms with Gasteiger partial charge in [-0.3, -0.25) is 4.99 Å². The van der Waals surface area contributed by atoms with Crippen LogP contribution in [0.4, 0.5) is 11.4 Å². The summed E-state index contributed by atoms with van der Waals surface area (Å²) in [6.45, 7) is 4.57. The highest BCUT2D eigenvalue weighted by molar-refractivity contribution is 6.47. The third-order valence-corrected chi connectivity index (χ3v) is 7.59. The Morgan fingerprint density at radius 3 is 1.43 bits per heavy atom. The molecule has 0 aromatic heterocycles. The van der Waals surface area contributed by atoms with Gasteiger partial charge < -0.3 is 0 Å². The Labute approximate surface area is 247 Å². The SMILES string of the molecule is CCCCCCCCCCCCCC/C=C/C(=Nc1ccccc1)C(CCCCCCCC)=Nc1ccccc1. The minimum Gasteiger partial charge on any atom is -0.251 e. The molecular weight excluding hydrogens is 484 g/mol. The molecule has 0 saturated heterocycles. The number of aliphatic imine (C=N–C) groups is 2. The van der Waals surface area contributed by atoms with Crippen molar-refractivity contribution in [3.63, 3.8) is 0 Å². The summed E-state index contributed by atoms with van der Waals surface area (Å²) >= 11 is 0. The van der Waals surface area contributed by atoms with Gasteiger partial charge in [0.2, 0.25) is 0 Å². The summed E-state index contributed by atoms with van der Waals surface area (Å²) in [5, 5.41) is 0. The van der Waals surface area contributed by atoms with Crippen LogP contribution in [0.1, 0.15) is 142 Å². The zero-order valence-corrected chi connectivity index (χ0v) is 26.0. The summed E-state index contributed by atoms with van der Waals surface area (Å²) in [6, 6.07) is 20.7. The van der Waals surface area contributed by atoms with E-state index >= 15 is 0 Å². The summed E-state index contributed by atoms with van der Waals surface area (Å²) in [4.78, 5) is 10.2. The molecule has 0 bridgehead atoms. The second kappa shape index (κ2) is 24.3. The van der Waals surface area contributed by atoms with Crippen molar-refractivity contribution in [2.24, 2.45) is 9.98 Å². The fourth-order valence-electron chi connectivity index (χ4n) is 5.11. The number of benzene rings is 2. The monoisotopic (exact) mass is 542 g/mol. The molecule has 0 N–H and O–H groups in total. The van der Waals surface area contributed by atoms with Crippen molar-refractivity contribution in [2.75, 3.05) is 0 Å². The Hall–Kier alpha value is -2.48. The Balaban J connectivity index is 1.90. The van der Waals surface area contributed by atoms with Crippen LogP contribution in [0.3, 0.4) is 0 Å². The molecule has 0 atom stereocenters. The van der Waals surface area contributed by atoms with E-state index in [-0.39, 0.29) is 0 Å². The van der Waals surface area contributed by atoms with Crippen LogP contribution in [0.15, 0.2) is 82.8 Å². The first-order chi connectivity index (χ1) is 19.8. The normalized spacial score (nSPS) is 12.4. The lowest BCUT2D eigenvalue weighted by atomic mass is 10.0. The van der Waals surface area contributed by atoms with Gasteiger partial charge in [-0.1, -0.05) is 159 Å². The van der Waals surface area contributed by atoms with Crippen LogP contribution in [0, 0.1) is 0 Å². The van der Waals surface area contributed by atoms with Gasteiger partial charge in [-0.05, 0) is 56.0 Å². The van der Waals surface area contributed by atoms with E-state index < -0.39 is 0 Å². The lowest BCUT2D eigenvalue weighted by Gasteiger charge is -2.09. The molecule has 0 unspecified atom stereocenters.